The van der Waals surface area contributed by atoms with Crippen LogP contribution in [0.5, 0.6) is 0 Å². The second-order valence-corrected chi connectivity index (χ2v) is 14.4. The first-order valence-electron chi connectivity index (χ1n) is 18.6. The molecule has 0 saturated heterocycles. The molecule has 0 aliphatic rings. The van der Waals surface area contributed by atoms with E-state index in [4.69, 9.17) is 15.0 Å². The van der Waals surface area contributed by atoms with Crippen molar-refractivity contribution in [2.45, 2.75) is 20.3 Å². The molecule has 5 nitrogen and oxygen atoms in total. The maximum absolute atomic E-state index is 5.10. The Bertz CT molecular complexity index is 2920. The summed E-state index contributed by atoms with van der Waals surface area (Å²) in [6.45, 7) is 4.54. The van der Waals surface area contributed by atoms with Gasteiger partial charge in [0.05, 0.1) is 22.1 Å². The molecule has 0 atom stereocenters. The van der Waals surface area contributed by atoms with Crippen LogP contribution in [0.25, 0.3) is 89.2 Å². The van der Waals surface area contributed by atoms with E-state index in [2.05, 4.69) is 132 Å². The molecule has 0 saturated carbocycles. The number of fused-ring (bicyclic) bond motifs is 6. The van der Waals surface area contributed by atoms with Crippen molar-refractivity contribution in [2.24, 2.45) is 5.92 Å². The standard InChI is InChI=1S/C49H37N5/c1-32(2)29-33-21-25-38(26-22-33)53-43-19-11-9-17-39(43)41-30-36(23-27-45(41)53)37-24-28-46-42(31-37)40-18-10-12-20-44(40)54(46)49-51-47(34-13-5-3-6-14-34)50-48(52-49)35-15-7-4-8-16-35/h3-28,30-32H,29H2,1-2H3. The number of para-hydroxylation sites is 2. The van der Waals surface area contributed by atoms with Crippen molar-refractivity contribution in [3.05, 3.63) is 175 Å². The topological polar surface area (TPSA) is 48.5 Å². The molecule has 3 heterocycles. The Morgan fingerprint density at radius 2 is 0.870 bits per heavy atom. The van der Waals surface area contributed by atoms with Crippen molar-refractivity contribution in [1.29, 1.82) is 0 Å². The Labute approximate surface area is 313 Å². The Hall–Kier alpha value is -6.85. The van der Waals surface area contributed by atoms with Gasteiger partial charge in [-0.3, -0.25) is 4.57 Å². The lowest BCUT2D eigenvalue weighted by Crippen LogP contribution is -2.06. The fourth-order valence-electron chi connectivity index (χ4n) is 7.95. The van der Waals surface area contributed by atoms with E-state index in [0.717, 1.165) is 44.9 Å². The largest absolute Gasteiger partial charge is 0.309 e. The third-order valence-electron chi connectivity index (χ3n) is 10.4. The third kappa shape index (κ3) is 5.44. The Morgan fingerprint density at radius 3 is 1.41 bits per heavy atom. The lowest BCUT2D eigenvalue weighted by atomic mass is 10.0. The highest BCUT2D eigenvalue weighted by molar-refractivity contribution is 6.12. The molecule has 54 heavy (non-hydrogen) atoms. The molecule has 0 fully saturated rings. The molecule has 0 aliphatic carbocycles. The summed E-state index contributed by atoms with van der Waals surface area (Å²) in [4.78, 5) is 15.1. The van der Waals surface area contributed by atoms with Crippen LogP contribution in [0.3, 0.4) is 0 Å². The Morgan fingerprint density at radius 1 is 0.407 bits per heavy atom. The molecule has 0 N–H and O–H groups in total. The molecule has 0 bridgehead atoms. The fourth-order valence-corrected chi connectivity index (χ4v) is 7.95. The summed E-state index contributed by atoms with van der Waals surface area (Å²) in [7, 11) is 0. The summed E-state index contributed by atoms with van der Waals surface area (Å²) >= 11 is 0. The Kier molecular flexibility index (Phi) is 7.65. The van der Waals surface area contributed by atoms with E-state index in [1.165, 1.54) is 38.6 Å². The minimum absolute atomic E-state index is 0.591. The van der Waals surface area contributed by atoms with E-state index in [9.17, 15) is 0 Å². The zero-order valence-corrected chi connectivity index (χ0v) is 30.2. The lowest BCUT2D eigenvalue weighted by molar-refractivity contribution is 0.647. The highest BCUT2D eigenvalue weighted by Gasteiger charge is 2.19. The van der Waals surface area contributed by atoms with Gasteiger partial charge >= 0.3 is 0 Å². The van der Waals surface area contributed by atoms with Gasteiger partial charge in [0, 0.05) is 38.4 Å². The molecule has 258 valence electrons. The zero-order chi connectivity index (χ0) is 36.2. The number of rotatable bonds is 7. The van der Waals surface area contributed by atoms with Gasteiger partial charge in [0.25, 0.3) is 0 Å². The van der Waals surface area contributed by atoms with Gasteiger partial charge in [0.2, 0.25) is 5.95 Å². The predicted molar refractivity (Wildman–Crippen MR) is 223 cm³/mol. The normalized spacial score (nSPS) is 11.8. The number of benzene rings is 7. The van der Waals surface area contributed by atoms with Gasteiger partial charge in [-0.15, -0.1) is 0 Å². The Balaban J connectivity index is 1.13. The molecule has 0 radical (unpaired) electrons. The first kappa shape index (κ1) is 31.9. The minimum atomic E-state index is 0.591. The average molecular weight is 696 g/mol. The van der Waals surface area contributed by atoms with Gasteiger partial charge < -0.3 is 4.57 Å². The van der Waals surface area contributed by atoms with Crippen LogP contribution < -0.4 is 0 Å². The van der Waals surface area contributed by atoms with Crippen LogP contribution in [0.1, 0.15) is 19.4 Å². The van der Waals surface area contributed by atoms with Gasteiger partial charge in [-0.1, -0.05) is 135 Å². The first-order valence-corrected chi connectivity index (χ1v) is 18.6. The van der Waals surface area contributed by atoms with Crippen molar-refractivity contribution in [3.63, 3.8) is 0 Å². The smallest absolute Gasteiger partial charge is 0.238 e. The van der Waals surface area contributed by atoms with Crippen LogP contribution in [0.4, 0.5) is 0 Å². The van der Waals surface area contributed by atoms with Crippen molar-refractivity contribution in [3.8, 4) is 45.5 Å². The van der Waals surface area contributed by atoms with Crippen molar-refractivity contribution >= 4 is 43.6 Å². The van der Waals surface area contributed by atoms with Gasteiger partial charge in [0.1, 0.15) is 0 Å². The minimum Gasteiger partial charge on any atom is -0.309 e. The van der Waals surface area contributed by atoms with Gasteiger partial charge in [-0.25, -0.2) is 4.98 Å². The summed E-state index contributed by atoms with van der Waals surface area (Å²) in [5.41, 5.74) is 11.3. The van der Waals surface area contributed by atoms with E-state index >= 15 is 0 Å². The van der Waals surface area contributed by atoms with E-state index < -0.39 is 0 Å². The van der Waals surface area contributed by atoms with E-state index in [0.29, 0.717) is 23.5 Å². The molecule has 0 unspecified atom stereocenters. The summed E-state index contributed by atoms with van der Waals surface area (Å²) in [6, 6.07) is 60.3. The molecule has 0 amide bonds. The fraction of sp³-hybridized carbons (Fsp3) is 0.0816. The van der Waals surface area contributed by atoms with Crippen LogP contribution in [-0.4, -0.2) is 24.1 Å². The number of hydrogen-bond acceptors (Lipinski definition) is 3. The highest BCUT2D eigenvalue weighted by Crippen LogP contribution is 2.38. The van der Waals surface area contributed by atoms with Crippen LogP contribution in [0, 0.1) is 5.92 Å². The van der Waals surface area contributed by atoms with Crippen molar-refractivity contribution in [1.82, 2.24) is 24.1 Å². The molecule has 5 heteroatoms. The molecule has 0 spiro atoms. The molecule has 10 rings (SSSR count). The monoisotopic (exact) mass is 695 g/mol. The zero-order valence-electron chi connectivity index (χ0n) is 30.2. The van der Waals surface area contributed by atoms with Crippen LogP contribution in [0.15, 0.2) is 170 Å². The van der Waals surface area contributed by atoms with E-state index in [1.54, 1.807) is 0 Å². The number of aromatic nitrogens is 5. The van der Waals surface area contributed by atoms with Crippen LogP contribution in [-0.2, 0) is 6.42 Å². The molecule has 0 aliphatic heterocycles. The maximum Gasteiger partial charge on any atom is 0.238 e. The average Bonchev–Trinajstić information content (AvgIpc) is 3.74. The maximum atomic E-state index is 5.10. The summed E-state index contributed by atoms with van der Waals surface area (Å²) in [5.74, 6) is 2.50. The summed E-state index contributed by atoms with van der Waals surface area (Å²) in [6.07, 6.45) is 1.08. The molecule has 7 aromatic carbocycles. The van der Waals surface area contributed by atoms with Gasteiger partial charge in [-0.2, -0.15) is 9.97 Å². The third-order valence-corrected chi connectivity index (χ3v) is 10.4. The number of nitrogens with zero attached hydrogens (tertiary/aromatic N) is 5. The van der Waals surface area contributed by atoms with Crippen LogP contribution in [0.2, 0.25) is 0 Å². The molecular weight excluding hydrogens is 659 g/mol. The SMILES string of the molecule is CC(C)Cc1ccc(-n2c3ccccc3c3cc(-c4ccc5c(c4)c4ccccc4n5-c4nc(-c5ccccc5)nc(-c5ccccc5)n4)ccc32)cc1. The van der Waals surface area contributed by atoms with E-state index in [-0.39, 0.29) is 0 Å². The summed E-state index contributed by atoms with van der Waals surface area (Å²) < 4.78 is 4.57. The van der Waals surface area contributed by atoms with E-state index in [1.807, 2.05) is 60.7 Å². The second kappa shape index (κ2) is 13.0. The lowest BCUT2D eigenvalue weighted by Gasteiger charge is -2.11. The summed E-state index contributed by atoms with van der Waals surface area (Å²) in [5, 5.41) is 4.78. The molecular formula is C49H37N5. The number of hydrogen-bond donors (Lipinski definition) is 0. The van der Waals surface area contributed by atoms with Crippen LogP contribution >= 0.6 is 0 Å². The highest BCUT2D eigenvalue weighted by atomic mass is 15.2. The second-order valence-electron chi connectivity index (χ2n) is 14.4. The molecule has 3 aromatic heterocycles. The van der Waals surface area contributed by atoms with Gasteiger partial charge in [0.15, 0.2) is 11.6 Å². The van der Waals surface area contributed by atoms with Gasteiger partial charge in [-0.05, 0) is 77.6 Å². The van der Waals surface area contributed by atoms with Crippen molar-refractivity contribution in [2.75, 3.05) is 0 Å². The first-order chi connectivity index (χ1) is 26.6. The quantitative estimate of drug-likeness (QED) is 0.167. The molecule has 10 aromatic rings. The predicted octanol–water partition coefficient (Wildman–Crippen LogP) is 12.3. The van der Waals surface area contributed by atoms with Crippen molar-refractivity contribution < 1.29 is 0 Å².